The van der Waals surface area contributed by atoms with Crippen LogP contribution in [0.15, 0.2) is 67.1 Å². The van der Waals surface area contributed by atoms with Gasteiger partial charge in [0.25, 0.3) is 6.43 Å². The van der Waals surface area contributed by atoms with Crippen molar-refractivity contribution in [1.82, 2.24) is 4.98 Å². The predicted molar refractivity (Wildman–Crippen MR) is 115 cm³/mol. The lowest BCUT2D eigenvalue weighted by molar-refractivity contribution is 0.200. The maximum absolute atomic E-state index is 14.1. The van der Waals surface area contributed by atoms with Gasteiger partial charge in [-0.15, -0.1) is 0 Å². The zero-order valence-corrected chi connectivity index (χ0v) is 16.9. The Kier molecular flexibility index (Phi) is 7.60. The molecular formula is C25H21F4NO. The van der Waals surface area contributed by atoms with Crippen LogP contribution in [0.2, 0.25) is 0 Å². The van der Waals surface area contributed by atoms with Gasteiger partial charge in [0.15, 0.2) is 17.4 Å². The zero-order chi connectivity index (χ0) is 22.2. The quantitative estimate of drug-likeness (QED) is 0.214. The van der Waals surface area contributed by atoms with Crippen LogP contribution in [0.25, 0.3) is 23.4 Å². The molecule has 2 aromatic carbocycles. The number of aryl methyl sites for hydroxylation is 1. The molecule has 160 valence electrons. The van der Waals surface area contributed by atoms with Crippen molar-refractivity contribution in [2.24, 2.45) is 0 Å². The molecule has 3 aromatic rings. The maximum Gasteiger partial charge on any atom is 0.260 e. The SMILES string of the molecule is CCCc1ccc(-c2ccc(/C=C/c3cc(F)c(O/C=C/C(F)F)c(F)c3)cc2)nc1. The van der Waals surface area contributed by atoms with Gasteiger partial charge in [-0.05, 0) is 41.3 Å². The van der Waals surface area contributed by atoms with Gasteiger partial charge in [0.05, 0.1) is 12.0 Å². The van der Waals surface area contributed by atoms with Crippen LogP contribution in [0.1, 0.15) is 30.0 Å². The molecule has 0 fully saturated rings. The van der Waals surface area contributed by atoms with Gasteiger partial charge in [0, 0.05) is 17.8 Å². The largest absolute Gasteiger partial charge is 0.459 e. The normalized spacial score (nSPS) is 11.7. The van der Waals surface area contributed by atoms with Crippen LogP contribution >= 0.6 is 0 Å². The van der Waals surface area contributed by atoms with Crippen LogP contribution in [0.5, 0.6) is 5.75 Å². The van der Waals surface area contributed by atoms with Crippen LogP contribution < -0.4 is 4.74 Å². The van der Waals surface area contributed by atoms with Crippen molar-refractivity contribution in [1.29, 1.82) is 0 Å². The lowest BCUT2D eigenvalue weighted by atomic mass is 10.1. The first-order valence-corrected chi connectivity index (χ1v) is 9.80. The van der Waals surface area contributed by atoms with Crippen molar-refractivity contribution in [3.05, 3.63) is 95.4 Å². The average Bonchev–Trinajstić information content (AvgIpc) is 2.75. The highest BCUT2D eigenvalue weighted by Gasteiger charge is 2.11. The third-order valence-electron chi connectivity index (χ3n) is 4.47. The van der Waals surface area contributed by atoms with Crippen molar-refractivity contribution in [3.8, 4) is 17.0 Å². The molecule has 2 nitrogen and oxygen atoms in total. The molecule has 0 saturated carbocycles. The summed E-state index contributed by atoms with van der Waals surface area (Å²) in [6, 6.07) is 13.8. The van der Waals surface area contributed by atoms with Gasteiger partial charge in [0.2, 0.25) is 0 Å². The summed E-state index contributed by atoms with van der Waals surface area (Å²) >= 11 is 0. The Labute approximate surface area is 178 Å². The number of nitrogens with zero attached hydrogens (tertiary/aromatic N) is 1. The van der Waals surface area contributed by atoms with Gasteiger partial charge in [-0.1, -0.05) is 55.8 Å². The molecule has 0 N–H and O–H groups in total. The van der Waals surface area contributed by atoms with Crippen LogP contribution in [0.3, 0.4) is 0 Å². The highest BCUT2D eigenvalue weighted by molar-refractivity contribution is 5.71. The number of pyridine rings is 1. The van der Waals surface area contributed by atoms with Gasteiger partial charge in [-0.3, -0.25) is 4.98 Å². The van der Waals surface area contributed by atoms with E-state index in [1.54, 1.807) is 12.2 Å². The molecule has 0 bridgehead atoms. The Morgan fingerprint density at radius 1 is 0.935 bits per heavy atom. The Bertz CT molecular complexity index is 1030. The van der Waals surface area contributed by atoms with Gasteiger partial charge >= 0.3 is 0 Å². The molecule has 0 amide bonds. The molecule has 0 unspecified atom stereocenters. The molecule has 1 heterocycles. The second-order valence-electron chi connectivity index (χ2n) is 6.85. The minimum absolute atomic E-state index is 0.275. The number of halogens is 4. The van der Waals surface area contributed by atoms with Crippen LogP contribution in [0.4, 0.5) is 17.6 Å². The van der Waals surface area contributed by atoms with Gasteiger partial charge in [-0.25, -0.2) is 17.6 Å². The maximum atomic E-state index is 14.1. The summed E-state index contributed by atoms with van der Waals surface area (Å²) in [6.45, 7) is 2.12. The van der Waals surface area contributed by atoms with E-state index in [4.69, 9.17) is 0 Å². The van der Waals surface area contributed by atoms with Crippen molar-refractivity contribution in [2.75, 3.05) is 0 Å². The lowest BCUT2D eigenvalue weighted by Crippen LogP contribution is -1.94. The Balaban J connectivity index is 1.70. The summed E-state index contributed by atoms with van der Waals surface area (Å²) in [7, 11) is 0. The number of alkyl halides is 2. The first-order valence-electron chi connectivity index (χ1n) is 9.80. The Morgan fingerprint density at radius 3 is 2.19 bits per heavy atom. The summed E-state index contributed by atoms with van der Waals surface area (Å²) in [6.07, 6.45) is 5.41. The highest BCUT2D eigenvalue weighted by atomic mass is 19.3. The third-order valence-corrected chi connectivity index (χ3v) is 4.47. The predicted octanol–water partition coefficient (Wildman–Crippen LogP) is 7.31. The van der Waals surface area contributed by atoms with Crippen LogP contribution in [-0.2, 0) is 6.42 Å². The summed E-state index contributed by atoms with van der Waals surface area (Å²) in [5.74, 6) is -2.69. The minimum atomic E-state index is -2.77. The standard InChI is InChI=1S/C25H21F4NO/c1-2-3-18-8-11-23(30-16-18)20-9-6-17(7-10-20)4-5-19-14-21(26)25(22(27)15-19)31-13-12-24(28)29/h4-16,24H,2-3H2,1H3/b5-4+,13-12+. The number of benzene rings is 2. The van der Waals surface area contributed by atoms with Crippen LogP contribution in [-0.4, -0.2) is 11.4 Å². The highest BCUT2D eigenvalue weighted by Crippen LogP contribution is 2.25. The van der Waals surface area contributed by atoms with Crippen molar-refractivity contribution < 1.29 is 22.3 Å². The van der Waals surface area contributed by atoms with E-state index in [2.05, 4.69) is 22.7 Å². The first-order chi connectivity index (χ1) is 15.0. The average molecular weight is 427 g/mol. The third kappa shape index (κ3) is 6.28. The van der Waals surface area contributed by atoms with E-state index in [0.29, 0.717) is 12.3 Å². The van der Waals surface area contributed by atoms with E-state index in [9.17, 15) is 17.6 Å². The number of allylic oxidation sites excluding steroid dienone is 1. The van der Waals surface area contributed by atoms with E-state index in [1.807, 2.05) is 36.5 Å². The number of aromatic nitrogens is 1. The van der Waals surface area contributed by atoms with Crippen LogP contribution in [0, 0.1) is 11.6 Å². The number of rotatable bonds is 8. The molecule has 0 atom stereocenters. The van der Waals surface area contributed by atoms with E-state index in [-0.39, 0.29) is 5.56 Å². The molecule has 31 heavy (non-hydrogen) atoms. The summed E-state index contributed by atoms with van der Waals surface area (Å²) in [5.41, 5.74) is 4.16. The molecule has 0 aliphatic rings. The van der Waals surface area contributed by atoms with Crippen molar-refractivity contribution in [3.63, 3.8) is 0 Å². The fraction of sp³-hybridized carbons (Fsp3) is 0.160. The number of hydrogen-bond acceptors (Lipinski definition) is 2. The number of ether oxygens (including phenoxy) is 1. The van der Waals surface area contributed by atoms with Gasteiger partial charge < -0.3 is 4.74 Å². The molecule has 1 aromatic heterocycles. The molecule has 0 spiro atoms. The van der Waals surface area contributed by atoms with E-state index in [1.165, 1.54) is 5.56 Å². The minimum Gasteiger partial charge on any atom is -0.459 e. The lowest BCUT2D eigenvalue weighted by Gasteiger charge is -2.05. The topological polar surface area (TPSA) is 22.1 Å². The zero-order valence-electron chi connectivity index (χ0n) is 16.9. The van der Waals surface area contributed by atoms with E-state index in [0.717, 1.165) is 41.8 Å². The summed E-state index contributed by atoms with van der Waals surface area (Å²) in [4.78, 5) is 4.49. The smallest absolute Gasteiger partial charge is 0.260 e. The Morgan fingerprint density at radius 2 is 1.61 bits per heavy atom. The van der Waals surface area contributed by atoms with E-state index < -0.39 is 23.8 Å². The molecule has 6 heteroatoms. The van der Waals surface area contributed by atoms with Crippen molar-refractivity contribution >= 4 is 12.2 Å². The molecule has 0 aliphatic heterocycles. The summed E-state index contributed by atoms with van der Waals surface area (Å²) in [5, 5.41) is 0. The Hall–Kier alpha value is -3.41. The molecule has 0 aliphatic carbocycles. The van der Waals surface area contributed by atoms with Gasteiger partial charge in [-0.2, -0.15) is 0 Å². The molecular weight excluding hydrogens is 406 g/mol. The molecule has 0 saturated heterocycles. The summed E-state index contributed by atoms with van der Waals surface area (Å²) < 4.78 is 56.9. The molecule has 0 radical (unpaired) electrons. The second-order valence-corrected chi connectivity index (χ2v) is 6.85. The molecule has 3 rings (SSSR count). The monoisotopic (exact) mass is 427 g/mol. The van der Waals surface area contributed by atoms with Crippen molar-refractivity contribution in [2.45, 2.75) is 26.2 Å². The van der Waals surface area contributed by atoms with E-state index >= 15 is 0 Å². The second kappa shape index (κ2) is 10.6. The fourth-order valence-electron chi connectivity index (χ4n) is 2.94. The first kappa shape index (κ1) is 22.3. The van der Waals surface area contributed by atoms with Gasteiger partial charge in [0.1, 0.15) is 0 Å². The number of hydrogen-bond donors (Lipinski definition) is 0. The fourth-order valence-corrected chi connectivity index (χ4v) is 2.94.